The molecule has 0 bridgehead atoms. The van der Waals surface area contributed by atoms with Crippen LogP contribution in [0, 0.1) is 0 Å². The second-order valence-corrected chi connectivity index (χ2v) is 8.67. The molecule has 7 heteroatoms. The van der Waals surface area contributed by atoms with Crippen LogP contribution in [0.25, 0.3) is 11.3 Å². The van der Waals surface area contributed by atoms with Gasteiger partial charge in [-0.1, -0.05) is 56.0 Å². The van der Waals surface area contributed by atoms with Crippen LogP contribution in [0.2, 0.25) is 5.02 Å². The molecule has 0 N–H and O–H groups in total. The fraction of sp³-hybridized carbons (Fsp3) is 0.360. The zero-order valence-corrected chi connectivity index (χ0v) is 19.0. The summed E-state index contributed by atoms with van der Waals surface area (Å²) in [6, 6.07) is 14.8. The van der Waals surface area contributed by atoms with Crippen molar-refractivity contribution in [2.45, 2.75) is 45.1 Å². The lowest BCUT2D eigenvalue weighted by atomic mass is 10.0. The summed E-state index contributed by atoms with van der Waals surface area (Å²) in [6.07, 6.45) is 6.13. The lowest BCUT2D eigenvalue weighted by Crippen LogP contribution is -2.45. The average molecular weight is 451 g/mol. The fourth-order valence-electron chi connectivity index (χ4n) is 4.12. The van der Waals surface area contributed by atoms with E-state index < -0.39 is 0 Å². The zero-order chi connectivity index (χ0) is 22.5. The van der Waals surface area contributed by atoms with Crippen molar-refractivity contribution in [3.05, 3.63) is 71.1 Å². The second-order valence-electron chi connectivity index (χ2n) is 8.24. The number of unbranched alkanes of at least 4 members (excludes halogenated alkanes) is 2. The molecule has 1 unspecified atom stereocenters. The molecular formula is C25H27ClN4O2. The molecule has 166 valence electrons. The molecule has 0 saturated carbocycles. The van der Waals surface area contributed by atoms with Crippen molar-refractivity contribution >= 4 is 23.3 Å². The van der Waals surface area contributed by atoms with Crippen LogP contribution >= 0.6 is 11.6 Å². The molecule has 4 rings (SSSR count). The number of rotatable bonds is 9. The number of benzene rings is 1. The normalized spacial score (nSPS) is 15.6. The number of hydrogen-bond donors (Lipinski definition) is 0. The van der Waals surface area contributed by atoms with E-state index in [1.165, 1.54) is 0 Å². The third-order valence-electron chi connectivity index (χ3n) is 5.77. The lowest BCUT2D eigenvalue weighted by Gasteiger charge is -2.33. The minimum atomic E-state index is -0.154. The van der Waals surface area contributed by atoms with Crippen molar-refractivity contribution in [3.8, 4) is 11.3 Å². The number of pyridine rings is 1. The highest BCUT2D eigenvalue weighted by molar-refractivity contribution is 6.30. The van der Waals surface area contributed by atoms with Crippen LogP contribution in [-0.2, 0) is 11.2 Å². The van der Waals surface area contributed by atoms with Crippen LogP contribution in [0.5, 0.6) is 0 Å². The number of carbonyl (C=O) groups excluding carboxylic acids is 2. The Morgan fingerprint density at radius 2 is 1.97 bits per heavy atom. The summed E-state index contributed by atoms with van der Waals surface area (Å²) in [7, 11) is 0. The van der Waals surface area contributed by atoms with Crippen LogP contribution in [0.15, 0.2) is 54.7 Å². The molecule has 1 atom stereocenters. The lowest BCUT2D eigenvalue weighted by molar-refractivity contribution is -0.119. The first-order valence-electron chi connectivity index (χ1n) is 11.1. The van der Waals surface area contributed by atoms with Gasteiger partial charge in [-0.15, -0.1) is 0 Å². The van der Waals surface area contributed by atoms with Gasteiger partial charge in [-0.3, -0.25) is 19.3 Å². The number of fused-ring (bicyclic) bond motifs is 1. The summed E-state index contributed by atoms with van der Waals surface area (Å²) in [5.41, 5.74) is 2.91. The average Bonchev–Trinajstić information content (AvgIpc) is 3.24. The summed E-state index contributed by atoms with van der Waals surface area (Å²) in [5.74, 6) is -0.172. The molecule has 0 aliphatic carbocycles. The largest absolute Gasteiger partial charge is 0.328 e. The monoisotopic (exact) mass is 450 g/mol. The van der Waals surface area contributed by atoms with E-state index in [9.17, 15) is 9.59 Å². The topological polar surface area (TPSA) is 68.1 Å². The first-order chi connectivity index (χ1) is 15.5. The van der Waals surface area contributed by atoms with Crippen LogP contribution in [-0.4, -0.2) is 44.4 Å². The molecule has 2 aromatic heterocycles. The Morgan fingerprint density at radius 1 is 1.16 bits per heavy atom. The number of ketones is 1. The van der Waals surface area contributed by atoms with Gasteiger partial charge in [0.25, 0.3) is 5.91 Å². The molecule has 1 aliphatic rings. The van der Waals surface area contributed by atoms with Crippen LogP contribution < -0.4 is 0 Å². The Kier molecular flexibility index (Phi) is 7.00. The highest BCUT2D eigenvalue weighted by Gasteiger charge is 2.33. The Hall–Kier alpha value is -2.99. The highest BCUT2D eigenvalue weighted by Crippen LogP contribution is 2.30. The predicted octanol–water partition coefficient (Wildman–Crippen LogP) is 4.99. The summed E-state index contributed by atoms with van der Waals surface area (Å²) in [6.45, 7) is 2.75. The first-order valence-corrected chi connectivity index (χ1v) is 11.5. The minimum absolute atomic E-state index is 0.0183. The van der Waals surface area contributed by atoms with Gasteiger partial charge in [-0.25, -0.2) is 0 Å². The van der Waals surface area contributed by atoms with E-state index in [-0.39, 0.29) is 30.7 Å². The van der Waals surface area contributed by atoms with Crippen LogP contribution in [0.1, 0.15) is 54.8 Å². The first kappa shape index (κ1) is 22.2. The Labute approximate surface area is 193 Å². The highest BCUT2D eigenvalue weighted by atomic mass is 35.5. The molecule has 1 aliphatic heterocycles. The van der Waals surface area contributed by atoms with Crippen molar-refractivity contribution in [2.75, 3.05) is 13.1 Å². The maximum atomic E-state index is 13.3. The van der Waals surface area contributed by atoms with E-state index in [0.717, 1.165) is 42.6 Å². The van der Waals surface area contributed by atoms with E-state index in [0.29, 0.717) is 17.3 Å². The van der Waals surface area contributed by atoms with Gasteiger partial charge >= 0.3 is 0 Å². The molecule has 1 amide bonds. The van der Waals surface area contributed by atoms with Gasteiger partial charge in [-0.2, -0.15) is 5.10 Å². The molecule has 3 heterocycles. The number of carbonyl (C=O) groups is 2. The number of halogens is 1. The van der Waals surface area contributed by atoms with Gasteiger partial charge in [-0.05, 0) is 36.8 Å². The fourth-order valence-corrected chi connectivity index (χ4v) is 4.25. The summed E-state index contributed by atoms with van der Waals surface area (Å²) >= 11 is 6.02. The van der Waals surface area contributed by atoms with E-state index in [1.807, 2.05) is 53.2 Å². The molecule has 1 aromatic carbocycles. The zero-order valence-electron chi connectivity index (χ0n) is 18.2. The SMILES string of the molecule is CCCCCC1CN(CC(=O)Cc2ccccn2)C(=O)c2cc(-c3ccc(Cl)cc3)nn21. The van der Waals surface area contributed by atoms with Gasteiger partial charge in [0, 0.05) is 29.0 Å². The van der Waals surface area contributed by atoms with Crippen molar-refractivity contribution in [1.29, 1.82) is 0 Å². The number of amides is 1. The quantitative estimate of drug-likeness (QED) is 0.431. The van der Waals surface area contributed by atoms with Crippen molar-refractivity contribution in [1.82, 2.24) is 19.7 Å². The van der Waals surface area contributed by atoms with Gasteiger partial charge in [0.05, 0.1) is 24.7 Å². The summed E-state index contributed by atoms with van der Waals surface area (Å²) in [4.78, 5) is 31.8. The second kappa shape index (κ2) is 10.1. The van der Waals surface area contributed by atoms with Gasteiger partial charge < -0.3 is 4.90 Å². The molecule has 3 aromatic rings. The molecule has 0 radical (unpaired) electrons. The van der Waals surface area contributed by atoms with Crippen molar-refractivity contribution in [2.24, 2.45) is 0 Å². The molecule has 0 spiro atoms. The van der Waals surface area contributed by atoms with E-state index in [2.05, 4.69) is 11.9 Å². The van der Waals surface area contributed by atoms with Crippen molar-refractivity contribution < 1.29 is 9.59 Å². The van der Waals surface area contributed by atoms with Gasteiger partial charge in [0.15, 0.2) is 5.78 Å². The van der Waals surface area contributed by atoms with Gasteiger partial charge in [0.2, 0.25) is 0 Å². The van der Waals surface area contributed by atoms with Crippen molar-refractivity contribution in [3.63, 3.8) is 0 Å². The Morgan fingerprint density at radius 3 is 2.69 bits per heavy atom. The summed E-state index contributed by atoms with van der Waals surface area (Å²) < 4.78 is 1.86. The maximum absolute atomic E-state index is 13.3. The molecular weight excluding hydrogens is 424 g/mol. The number of aromatic nitrogens is 3. The van der Waals surface area contributed by atoms with E-state index in [4.69, 9.17) is 16.7 Å². The third kappa shape index (κ3) is 5.07. The molecule has 0 fully saturated rings. The van der Waals surface area contributed by atoms with E-state index in [1.54, 1.807) is 11.1 Å². The number of Topliss-reactive ketones (excluding diaryl/α,β-unsaturated/α-hetero) is 1. The Bertz CT molecular complexity index is 1080. The number of nitrogens with zero attached hydrogens (tertiary/aromatic N) is 4. The Balaban J connectivity index is 1.56. The van der Waals surface area contributed by atoms with Crippen LogP contribution in [0.4, 0.5) is 0 Å². The standard InChI is InChI=1S/C25H27ClN4O2/c1-2-3-4-8-21-16-29(17-22(31)14-20-7-5-6-13-27-20)25(32)24-15-23(28-30(21)24)18-9-11-19(26)12-10-18/h5-7,9-13,15,21H,2-4,8,14,16-17H2,1H3. The third-order valence-corrected chi connectivity index (χ3v) is 6.02. The molecule has 32 heavy (non-hydrogen) atoms. The molecule has 0 saturated heterocycles. The molecule has 6 nitrogen and oxygen atoms in total. The van der Waals surface area contributed by atoms with Gasteiger partial charge in [0.1, 0.15) is 5.69 Å². The maximum Gasteiger partial charge on any atom is 0.272 e. The van der Waals surface area contributed by atoms with E-state index >= 15 is 0 Å². The number of hydrogen-bond acceptors (Lipinski definition) is 4. The van der Waals surface area contributed by atoms with Crippen LogP contribution in [0.3, 0.4) is 0 Å². The summed E-state index contributed by atoms with van der Waals surface area (Å²) in [5, 5.41) is 5.43. The smallest absolute Gasteiger partial charge is 0.272 e. The minimum Gasteiger partial charge on any atom is -0.328 e. The predicted molar refractivity (Wildman–Crippen MR) is 125 cm³/mol.